The van der Waals surface area contributed by atoms with Gasteiger partial charge in [0.05, 0.1) is 0 Å². The van der Waals surface area contributed by atoms with Gasteiger partial charge in [0.1, 0.15) is 5.82 Å². The highest BCUT2D eigenvalue weighted by Gasteiger charge is 2.25. The molecule has 0 aromatic heterocycles. The van der Waals surface area contributed by atoms with Crippen molar-refractivity contribution in [3.05, 3.63) is 59.9 Å². The van der Waals surface area contributed by atoms with Crippen molar-refractivity contribution in [1.29, 1.82) is 0 Å². The van der Waals surface area contributed by atoms with Crippen LogP contribution in [0.3, 0.4) is 0 Å². The van der Waals surface area contributed by atoms with E-state index < -0.39 is 5.82 Å². The van der Waals surface area contributed by atoms with E-state index in [0.717, 1.165) is 0 Å². The molecule has 158 valence electrons. The molecule has 7 nitrogen and oxygen atoms in total. The fourth-order valence-electron chi connectivity index (χ4n) is 3.04. The predicted octanol–water partition coefficient (Wildman–Crippen LogP) is 3.41. The SMILES string of the molecule is CC(C)C(=O)Nc1ccc(NC(=O)N2CCN(C(=O)c3cccc(F)c3)CC2)cc1. The van der Waals surface area contributed by atoms with Gasteiger partial charge in [-0.15, -0.1) is 0 Å². The van der Waals surface area contributed by atoms with Crippen LogP contribution >= 0.6 is 0 Å². The lowest BCUT2D eigenvalue weighted by Gasteiger charge is -2.34. The molecule has 1 saturated heterocycles. The molecule has 0 saturated carbocycles. The maximum absolute atomic E-state index is 13.3. The summed E-state index contributed by atoms with van der Waals surface area (Å²) in [5.41, 5.74) is 1.58. The summed E-state index contributed by atoms with van der Waals surface area (Å²) in [7, 11) is 0. The first-order chi connectivity index (χ1) is 14.3. The molecule has 2 aromatic rings. The van der Waals surface area contributed by atoms with Gasteiger partial charge in [0, 0.05) is 49.0 Å². The maximum Gasteiger partial charge on any atom is 0.321 e. The van der Waals surface area contributed by atoms with Gasteiger partial charge in [-0.3, -0.25) is 9.59 Å². The lowest BCUT2D eigenvalue weighted by Crippen LogP contribution is -2.51. The number of benzene rings is 2. The highest BCUT2D eigenvalue weighted by molar-refractivity contribution is 5.95. The molecule has 30 heavy (non-hydrogen) atoms. The molecule has 0 bridgehead atoms. The maximum atomic E-state index is 13.3. The quantitative estimate of drug-likeness (QED) is 0.808. The molecule has 1 aliphatic heterocycles. The standard InChI is InChI=1S/C22H25FN4O3/c1-15(2)20(28)24-18-6-8-19(9-7-18)25-22(30)27-12-10-26(11-13-27)21(29)16-4-3-5-17(23)14-16/h3-9,14-15H,10-13H2,1-2H3,(H,24,28)(H,25,30). The minimum atomic E-state index is -0.450. The number of carbonyl (C=O) groups is 3. The lowest BCUT2D eigenvalue weighted by molar-refractivity contribution is -0.118. The van der Waals surface area contributed by atoms with E-state index in [2.05, 4.69) is 10.6 Å². The average Bonchev–Trinajstić information content (AvgIpc) is 2.74. The second kappa shape index (κ2) is 9.39. The molecule has 2 N–H and O–H groups in total. The fraction of sp³-hybridized carbons (Fsp3) is 0.318. The number of hydrogen-bond acceptors (Lipinski definition) is 3. The van der Waals surface area contributed by atoms with Gasteiger partial charge < -0.3 is 20.4 Å². The van der Waals surface area contributed by atoms with Gasteiger partial charge in [0.2, 0.25) is 5.91 Å². The zero-order valence-electron chi connectivity index (χ0n) is 17.0. The number of urea groups is 1. The summed E-state index contributed by atoms with van der Waals surface area (Å²) in [5.74, 6) is -0.879. The number of halogens is 1. The van der Waals surface area contributed by atoms with Gasteiger partial charge >= 0.3 is 6.03 Å². The van der Waals surface area contributed by atoms with E-state index in [9.17, 15) is 18.8 Å². The molecule has 4 amide bonds. The first kappa shape index (κ1) is 21.3. The molecule has 1 fully saturated rings. The fourth-order valence-corrected chi connectivity index (χ4v) is 3.04. The van der Waals surface area contributed by atoms with Crippen LogP contribution in [0.15, 0.2) is 48.5 Å². The van der Waals surface area contributed by atoms with Crippen LogP contribution in [-0.4, -0.2) is 53.8 Å². The average molecular weight is 412 g/mol. The summed E-state index contributed by atoms with van der Waals surface area (Å²) in [5, 5.41) is 5.61. The number of carbonyl (C=O) groups excluding carboxylic acids is 3. The van der Waals surface area contributed by atoms with E-state index >= 15 is 0 Å². The Bertz CT molecular complexity index is 922. The number of amides is 4. The minimum Gasteiger partial charge on any atom is -0.335 e. The summed E-state index contributed by atoms with van der Waals surface area (Å²) in [4.78, 5) is 40.0. The molecule has 3 rings (SSSR count). The summed E-state index contributed by atoms with van der Waals surface area (Å²) >= 11 is 0. The third kappa shape index (κ3) is 5.34. The van der Waals surface area contributed by atoms with Gasteiger partial charge in [-0.05, 0) is 42.5 Å². The highest BCUT2D eigenvalue weighted by atomic mass is 19.1. The van der Waals surface area contributed by atoms with E-state index in [-0.39, 0.29) is 23.8 Å². The molecule has 8 heteroatoms. The number of piperazine rings is 1. The summed E-state index contributed by atoms with van der Waals surface area (Å²) < 4.78 is 13.3. The van der Waals surface area contributed by atoms with Crippen molar-refractivity contribution >= 4 is 29.2 Å². The zero-order chi connectivity index (χ0) is 21.7. The Balaban J connectivity index is 1.50. The number of anilines is 2. The third-order valence-corrected chi connectivity index (χ3v) is 4.85. The molecule has 0 atom stereocenters. The topological polar surface area (TPSA) is 81.8 Å². The van der Waals surface area contributed by atoms with Crippen LogP contribution in [0.2, 0.25) is 0 Å². The smallest absolute Gasteiger partial charge is 0.321 e. The summed E-state index contributed by atoms with van der Waals surface area (Å²) in [6.07, 6.45) is 0. The van der Waals surface area contributed by atoms with Crippen LogP contribution < -0.4 is 10.6 Å². The van der Waals surface area contributed by atoms with E-state index in [1.165, 1.54) is 18.2 Å². The van der Waals surface area contributed by atoms with Gasteiger partial charge in [-0.2, -0.15) is 0 Å². The summed E-state index contributed by atoms with van der Waals surface area (Å²) in [6, 6.07) is 12.2. The predicted molar refractivity (Wildman–Crippen MR) is 113 cm³/mol. The third-order valence-electron chi connectivity index (χ3n) is 4.85. The Labute approximate surface area is 174 Å². The first-order valence-electron chi connectivity index (χ1n) is 9.85. The Hall–Kier alpha value is -3.42. The normalized spacial score (nSPS) is 13.9. The lowest BCUT2D eigenvalue weighted by atomic mass is 10.2. The number of nitrogens with zero attached hydrogens (tertiary/aromatic N) is 2. The Morgan fingerprint density at radius 3 is 2.00 bits per heavy atom. The van der Waals surface area contributed by atoms with Crippen LogP contribution in [0, 0.1) is 11.7 Å². The van der Waals surface area contributed by atoms with E-state index in [0.29, 0.717) is 43.1 Å². The minimum absolute atomic E-state index is 0.0718. The molecular formula is C22H25FN4O3. The van der Waals surface area contributed by atoms with E-state index in [1.807, 2.05) is 13.8 Å². The van der Waals surface area contributed by atoms with Crippen LogP contribution in [0.5, 0.6) is 0 Å². The molecule has 0 aliphatic carbocycles. The monoisotopic (exact) mass is 412 g/mol. The molecule has 0 spiro atoms. The highest BCUT2D eigenvalue weighted by Crippen LogP contribution is 2.16. The molecular weight excluding hydrogens is 387 g/mol. The van der Waals surface area contributed by atoms with Crippen molar-refractivity contribution in [2.75, 3.05) is 36.8 Å². The molecule has 0 unspecified atom stereocenters. The van der Waals surface area contributed by atoms with Crippen molar-refractivity contribution in [1.82, 2.24) is 9.80 Å². The van der Waals surface area contributed by atoms with Crippen LogP contribution in [0.25, 0.3) is 0 Å². The molecule has 1 heterocycles. The molecule has 2 aromatic carbocycles. The summed E-state index contributed by atoms with van der Waals surface area (Å²) in [6.45, 7) is 5.15. The van der Waals surface area contributed by atoms with Crippen LogP contribution in [0.1, 0.15) is 24.2 Å². The van der Waals surface area contributed by atoms with E-state index in [1.54, 1.807) is 40.1 Å². The van der Waals surface area contributed by atoms with Gasteiger partial charge in [-0.1, -0.05) is 19.9 Å². The van der Waals surface area contributed by atoms with Crippen molar-refractivity contribution in [2.45, 2.75) is 13.8 Å². The van der Waals surface area contributed by atoms with Crippen molar-refractivity contribution < 1.29 is 18.8 Å². The Kier molecular flexibility index (Phi) is 6.66. The van der Waals surface area contributed by atoms with Crippen molar-refractivity contribution in [2.24, 2.45) is 5.92 Å². The Morgan fingerprint density at radius 2 is 1.43 bits per heavy atom. The second-order valence-electron chi connectivity index (χ2n) is 7.44. The van der Waals surface area contributed by atoms with Crippen LogP contribution in [0.4, 0.5) is 20.6 Å². The Morgan fingerprint density at radius 1 is 0.867 bits per heavy atom. The van der Waals surface area contributed by atoms with Gasteiger partial charge in [0.25, 0.3) is 5.91 Å². The molecule has 0 radical (unpaired) electrons. The van der Waals surface area contributed by atoms with Gasteiger partial charge in [0.15, 0.2) is 0 Å². The van der Waals surface area contributed by atoms with E-state index in [4.69, 9.17) is 0 Å². The molecule has 1 aliphatic rings. The second-order valence-corrected chi connectivity index (χ2v) is 7.44. The van der Waals surface area contributed by atoms with Crippen molar-refractivity contribution in [3.63, 3.8) is 0 Å². The number of hydrogen-bond donors (Lipinski definition) is 2. The number of rotatable bonds is 4. The van der Waals surface area contributed by atoms with Crippen molar-refractivity contribution in [3.8, 4) is 0 Å². The number of nitrogens with one attached hydrogen (secondary N) is 2. The zero-order valence-corrected chi connectivity index (χ0v) is 17.0. The first-order valence-corrected chi connectivity index (χ1v) is 9.85. The van der Waals surface area contributed by atoms with Crippen LogP contribution in [-0.2, 0) is 4.79 Å². The van der Waals surface area contributed by atoms with Gasteiger partial charge in [-0.25, -0.2) is 9.18 Å². The largest absolute Gasteiger partial charge is 0.335 e.